The van der Waals surface area contributed by atoms with Gasteiger partial charge >= 0.3 is 0 Å². The van der Waals surface area contributed by atoms with Crippen molar-refractivity contribution in [3.05, 3.63) is 24.0 Å². The third kappa shape index (κ3) is 5.34. The number of rotatable bonds is 3. The zero-order valence-corrected chi connectivity index (χ0v) is 14.1. The van der Waals surface area contributed by atoms with E-state index in [1.165, 1.54) is 0 Å². The first kappa shape index (κ1) is 20.0. The minimum atomic E-state index is 0. The first-order valence-corrected chi connectivity index (χ1v) is 6.71. The average Bonchev–Trinajstić information content (AvgIpc) is 2.39. The monoisotopic (exact) mass is 334 g/mol. The van der Waals surface area contributed by atoms with E-state index in [2.05, 4.69) is 24.0 Å². The minimum absolute atomic E-state index is 0. The second kappa shape index (κ2) is 9.07. The fourth-order valence-corrected chi connectivity index (χ4v) is 2.59. The van der Waals surface area contributed by atoms with Crippen molar-refractivity contribution >= 4 is 36.4 Å². The first-order valence-electron chi connectivity index (χ1n) is 6.71. The summed E-state index contributed by atoms with van der Waals surface area (Å²) in [4.78, 5) is 20.4. The summed E-state index contributed by atoms with van der Waals surface area (Å²) in [5.41, 5.74) is 6.86. The molecule has 1 aromatic heterocycles. The molecule has 0 aromatic carbocycles. The summed E-state index contributed by atoms with van der Waals surface area (Å²) in [5.74, 6) is 0.694. The second-order valence-corrected chi connectivity index (χ2v) is 5.46. The van der Waals surface area contributed by atoms with E-state index in [1.807, 2.05) is 4.90 Å². The molecule has 1 amide bonds. The van der Waals surface area contributed by atoms with Crippen LogP contribution >= 0.6 is 24.8 Å². The molecule has 120 valence electrons. The normalized spacial score (nSPS) is 15.3. The van der Waals surface area contributed by atoms with Gasteiger partial charge in [-0.1, -0.05) is 0 Å². The Hall–Kier alpha value is -1.04. The van der Waals surface area contributed by atoms with Crippen LogP contribution in [0.15, 0.2) is 18.5 Å². The SMILES string of the molecule is CN(C)CC1CCN(C(=O)c2cnccc2N)CC1.Cl.Cl. The Morgan fingerprint density at radius 3 is 2.52 bits per heavy atom. The molecule has 7 heteroatoms. The standard InChI is InChI=1S/C14H22N4O.2ClH/c1-17(2)10-11-4-7-18(8-5-11)14(19)12-9-16-6-3-13(12)15;;/h3,6,9,11H,4-5,7-8,10H2,1-2H3,(H2,15,16);2*1H. The van der Waals surface area contributed by atoms with E-state index in [-0.39, 0.29) is 30.7 Å². The number of amides is 1. The zero-order valence-electron chi connectivity index (χ0n) is 12.5. The predicted molar refractivity (Wildman–Crippen MR) is 90.3 cm³/mol. The van der Waals surface area contributed by atoms with Gasteiger partial charge < -0.3 is 15.5 Å². The largest absolute Gasteiger partial charge is 0.398 e. The predicted octanol–water partition coefficient (Wildman–Crippen LogP) is 1.92. The van der Waals surface area contributed by atoms with Gasteiger partial charge in [-0.25, -0.2) is 0 Å². The number of likely N-dealkylation sites (tertiary alicyclic amines) is 1. The van der Waals surface area contributed by atoms with Crippen LogP contribution in [0.3, 0.4) is 0 Å². The van der Waals surface area contributed by atoms with Crippen LogP contribution in [0.4, 0.5) is 5.69 Å². The molecule has 2 N–H and O–H groups in total. The van der Waals surface area contributed by atoms with E-state index in [0.717, 1.165) is 32.5 Å². The van der Waals surface area contributed by atoms with Crippen molar-refractivity contribution in [3.63, 3.8) is 0 Å². The van der Waals surface area contributed by atoms with Gasteiger partial charge in [0.1, 0.15) is 0 Å². The minimum Gasteiger partial charge on any atom is -0.398 e. The van der Waals surface area contributed by atoms with Gasteiger partial charge in [-0.15, -0.1) is 24.8 Å². The lowest BCUT2D eigenvalue weighted by atomic mass is 9.96. The molecule has 5 nitrogen and oxygen atoms in total. The summed E-state index contributed by atoms with van der Waals surface area (Å²) >= 11 is 0. The highest BCUT2D eigenvalue weighted by Gasteiger charge is 2.24. The molecule has 0 spiro atoms. The van der Waals surface area contributed by atoms with E-state index in [4.69, 9.17) is 5.73 Å². The van der Waals surface area contributed by atoms with Gasteiger partial charge in [0.25, 0.3) is 5.91 Å². The lowest BCUT2D eigenvalue weighted by Crippen LogP contribution is -2.40. The van der Waals surface area contributed by atoms with E-state index < -0.39 is 0 Å². The highest BCUT2D eigenvalue weighted by atomic mass is 35.5. The summed E-state index contributed by atoms with van der Waals surface area (Å²) in [6.07, 6.45) is 5.28. The number of nitrogens with two attached hydrogens (primary N) is 1. The number of hydrogen-bond donors (Lipinski definition) is 1. The Balaban J connectivity index is 0.00000200. The van der Waals surface area contributed by atoms with E-state index in [1.54, 1.807) is 18.5 Å². The molecule has 1 saturated heterocycles. The highest BCUT2D eigenvalue weighted by Crippen LogP contribution is 2.21. The molecule has 1 aliphatic heterocycles. The summed E-state index contributed by atoms with van der Waals surface area (Å²) in [6, 6.07) is 1.67. The number of nitrogen functional groups attached to an aromatic ring is 1. The number of carbonyl (C=O) groups excluding carboxylic acids is 1. The number of carbonyl (C=O) groups is 1. The van der Waals surface area contributed by atoms with Gasteiger partial charge in [0, 0.05) is 37.7 Å². The Kier molecular flexibility index (Phi) is 8.63. The maximum Gasteiger partial charge on any atom is 0.257 e. The van der Waals surface area contributed by atoms with Gasteiger partial charge in [0.05, 0.1) is 5.56 Å². The first-order chi connectivity index (χ1) is 9.08. The van der Waals surface area contributed by atoms with Crippen molar-refractivity contribution in [2.45, 2.75) is 12.8 Å². The molecule has 2 rings (SSSR count). The van der Waals surface area contributed by atoms with Crippen molar-refractivity contribution < 1.29 is 4.79 Å². The summed E-state index contributed by atoms with van der Waals surface area (Å²) in [6.45, 7) is 2.72. The number of nitrogens with zero attached hydrogens (tertiary/aromatic N) is 3. The average molecular weight is 335 g/mol. The molecular formula is C14H24Cl2N4O. The van der Waals surface area contributed by atoms with Gasteiger partial charge in [0.2, 0.25) is 0 Å². The molecule has 0 aliphatic carbocycles. The number of hydrogen-bond acceptors (Lipinski definition) is 4. The fraction of sp³-hybridized carbons (Fsp3) is 0.571. The molecule has 0 radical (unpaired) electrons. The molecule has 0 unspecified atom stereocenters. The number of piperidine rings is 1. The van der Waals surface area contributed by atoms with Crippen molar-refractivity contribution in [1.29, 1.82) is 0 Å². The van der Waals surface area contributed by atoms with Crippen molar-refractivity contribution in [1.82, 2.24) is 14.8 Å². The summed E-state index contributed by atoms with van der Waals surface area (Å²) in [7, 11) is 4.18. The number of halogens is 2. The molecule has 1 aromatic rings. The van der Waals surface area contributed by atoms with Crippen LogP contribution in [-0.4, -0.2) is 54.4 Å². The van der Waals surface area contributed by atoms with Crippen molar-refractivity contribution in [2.24, 2.45) is 5.92 Å². The molecule has 1 fully saturated rings. The quantitative estimate of drug-likeness (QED) is 0.917. The van der Waals surface area contributed by atoms with E-state index in [0.29, 0.717) is 17.2 Å². The van der Waals surface area contributed by atoms with Gasteiger partial charge in [-0.2, -0.15) is 0 Å². The van der Waals surface area contributed by atoms with Crippen LogP contribution in [0.25, 0.3) is 0 Å². The lowest BCUT2D eigenvalue weighted by Gasteiger charge is -2.33. The molecule has 1 aliphatic rings. The third-order valence-electron chi connectivity index (χ3n) is 3.61. The van der Waals surface area contributed by atoms with Crippen LogP contribution in [0.2, 0.25) is 0 Å². The second-order valence-electron chi connectivity index (χ2n) is 5.46. The van der Waals surface area contributed by atoms with Gasteiger partial charge in [-0.3, -0.25) is 9.78 Å². The maximum atomic E-state index is 12.3. The zero-order chi connectivity index (χ0) is 13.8. The lowest BCUT2D eigenvalue weighted by molar-refractivity contribution is 0.0678. The van der Waals surface area contributed by atoms with Gasteiger partial charge in [0.15, 0.2) is 0 Å². The topological polar surface area (TPSA) is 62.5 Å². The number of aromatic nitrogens is 1. The molecular weight excluding hydrogens is 311 g/mol. The number of anilines is 1. The van der Waals surface area contributed by atoms with E-state index in [9.17, 15) is 4.79 Å². The third-order valence-corrected chi connectivity index (χ3v) is 3.61. The molecule has 21 heavy (non-hydrogen) atoms. The Morgan fingerprint density at radius 2 is 2.00 bits per heavy atom. The Labute approximate surface area is 138 Å². The smallest absolute Gasteiger partial charge is 0.257 e. The molecule has 2 heterocycles. The maximum absolute atomic E-state index is 12.3. The molecule has 0 bridgehead atoms. The van der Waals surface area contributed by atoms with E-state index >= 15 is 0 Å². The fourth-order valence-electron chi connectivity index (χ4n) is 2.59. The summed E-state index contributed by atoms with van der Waals surface area (Å²) < 4.78 is 0. The molecule has 0 atom stereocenters. The van der Waals surface area contributed by atoms with Gasteiger partial charge in [-0.05, 0) is 38.9 Å². The molecule has 0 saturated carbocycles. The highest BCUT2D eigenvalue weighted by molar-refractivity contribution is 5.98. The van der Waals surface area contributed by atoms with Crippen LogP contribution in [0.1, 0.15) is 23.2 Å². The van der Waals surface area contributed by atoms with Crippen LogP contribution < -0.4 is 5.73 Å². The van der Waals surface area contributed by atoms with Crippen molar-refractivity contribution in [3.8, 4) is 0 Å². The number of pyridine rings is 1. The van der Waals surface area contributed by atoms with Crippen molar-refractivity contribution in [2.75, 3.05) is 39.5 Å². The Morgan fingerprint density at radius 1 is 1.38 bits per heavy atom. The van der Waals surface area contributed by atoms with Crippen LogP contribution in [-0.2, 0) is 0 Å². The van der Waals surface area contributed by atoms with Crippen LogP contribution in [0.5, 0.6) is 0 Å². The Bertz CT molecular complexity index is 448. The summed E-state index contributed by atoms with van der Waals surface area (Å²) in [5, 5.41) is 0. The van der Waals surface area contributed by atoms with Crippen LogP contribution in [0, 0.1) is 5.92 Å².